The predicted octanol–water partition coefficient (Wildman–Crippen LogP) is 5.44. The summed E-state index contributed by atoms with van der Waals surface area (Å²) < 4.78 is 35.5. The summed E-state index contributed by atoms with van der Waals surface area (Å²) >= 11 is 1.45. The molecule has 0 bridgehead atoms. The van der Waals surface area contributed by atoms with Crippen molar-refractivity contribution in [2.45, 2.75) is 20.8 Å². The number of pyridine rings is 1. The third-order valence-corrected chi connectivity index (χ3v) is 7.22. The van der Waals surface area contributed by atoms with Crippen molar-refractivity contribution in [1.82, 2.24) is 4.57 Å². The van der Waals surface area contributed by atoms with Crippen molar-refractivity contribution in [3.63, 3.8) is 0 Å². The number of fused-ring (bicyclic) bond motifs is 1. The number of allylic oxidation sites excluding steroid dienone is 3. The quantitative estimate of drug-likeness (QED) is 0.351. The van der Waals surface area contributed by atoms with Gasteiger partial charge in [-0.3, -0.25) is 9.52 Å². The second-order valence-corrected chi connectivity index (χ2v) is 10.4. The molecule has 2 heterocycles. The maximum Gasteiger partial charge on any atom is 0.259 e. The van der Waals surface area contributed by atoms with Gasteiger partial charge in [-0.25, -0.2) is 8.42 Å². The van der Waals surface area contributed by atoms with Gasteiger partial charge in [0.2, 0.25) is 10.0 Å². The van der Waals surface area contributed by atoms with E-state index in [1.54, 1.807) is 50.5 Å². The first kappa shape index (κ1) is 23.6. The van der Waals surface area contributed by atoms with Gasteiger partial charge < -0.3 is 9.30 Å². The lowest BCUT2D eigenvalue weighted by molar-refractivity contribution is 0.433. The minimum absolute atomic E-state index is 0.0450. The zero-order valence-electron chi connectivity index (χ0n) is 18.6. The van der Waals surface area contributed by atoms with Crippen LogP contribution in [-0.4, -0.2) is 18.7 Å². The molecule has 6 nitrogen and oxygen atoms in total. The van der Waals surface area contributed by atoms with E-state index in [1.165, 1.54) is 15.9 Å². The maximum absolute atomic E-state index is 12.6. The molecule has 0 saturated carbocycles. The van der Waals surface area contributed by atoms with Crippen molar-refractivity contribution in [2.24, 2.45) is 7.05 Å². The number of sulfonamides is 1. The minimum Gasteiger partial charge on any atom is -0.456 e. The van der Waals surface area contributed by atoms with Crippen LogP contribution >= 0.6 is 11.3 Å². The molecule has 0 fully saturated rings. The van der Waals surface area contributed by atoms with E-state index in [9.17, 15) is 13.2 Å². The highest BCUT2D eigenvalue weighted by molar-refractivity contribution is 7.92. The van der Waals surface area contributed by atoms with E-state index in [4.69, 9.17) is 4.74 Å². The molecule has 168 valence electrons. The fourth-order valence-corrected chi connectivity index (χ4v) is 4.77. The molecule has 0 radical (unpaired) electrons. The Kier molecular flexibility index (Phi) is 6.76. The van der Waals surface area contributed by atoms with Crippen LogP contribution in [0.5, 0.6) is 5.75 Å². The Bertz CT molecular complexity index is 1410. The number of anilines is 1. The van der Waals surface area contributed by atoms with Gasteiger partial charge in [0.1, 0.15) is 11.5 Å². The van der Waals surface area contributed by atoms with Gasteiger partial charge in [0, 0.05) is 34.8 Å². The SMILES string of the molecule is C=C/C(C)=C(/Oc1ccc(NS(=O)(=O)CC)cc1-c1cn(C)c(=O)c2ccsc12)C(=C)C. The van der Waals surface area contributed by atoms with Crippen LogP contribution in [0.15, 0.2) is 76.8 Å². The van der Waals surface area contributed by atoms with Gasteiger partial charge in [-0.1, -0.05) is 19.2 Å². The molecule has 8 heteroatoms. The lowest BCUT2D eigenvalue weighted by Gasteiger charge is -2.18. The Morgan fingerprint density at radius 2 is 1.97 bits per heavy atom. The number of aryl methyl sites for hydroxylation is 1. The second-order valence-electron chi connectivity index (χ2n) is 7.44. The van der Waals surface area contributed by atoms with Crippen molar-refractivity contribution >= 4 is 37.1 Å². The molecule has 0 aliphatic heterocycles. The summed E-state index contributed by atoms with van der Waals surface area (Å²) in [5.74, 6) is 1.05. The third kappa shape index (κ3) is 4.71. The summed E-state index contributed by atoms with van der Waals surface area (Å²) in [6, 6.07) is 6.88. The number of hydrogen-bond donors (Lipinski definition) is 1. The van der Waals surface area contributed by atoms with E-state index < -0.39 is 10.0 Å². The Morgan fingerprint density at radius 3 is 2.59 bits per heavy atom. The van der Waals surface area contributed by atoms with Crippen LogP contribution in [0.1, 0.15) is 20.8 Å². The average molecular weight is 471 g/mol. The molecule has 3 rings (SSSR count). The first-order valence-corrected chi connectivity index (χ1v) is 12.5. The highest BCUT2D eigenvalue weighted by atomic mass is 32.2. The van der Waals surface area contributed by atoms with Gasteiger partial charge in [-0.2, -0.15) is 0 Å². The fourth-order valence-electron chi connectivity index (χ4n) is 3.23. The van der Waals surface area contributed by atoms with E-state index >= 15 is 0 Å². The highest BCUT2D eigenvalue weighted by Crippen LogP contribution is 2.39. The molecule has 0 unspecified atom stereocenters. The minimum atomic E-state index is -3.46. The van der Waals surface area contributed by atoms with Gasteiger partial charge in [0.05, 0.1) is 11.1 Å². The number of rotatable bonds is 8. The summed E-state index contributed by atoms with van der Waals surface area (Å²) in [5.41, 5.74) is 3.28. The van der Waals surface area contributed by atoms with Gasteiger partial charge in [0.15, 0.2) is 0 Å². The van der Waals surface area contributed by atoms with Crippen molar-refractivity contribution < 1.29 is 13.2 Å². The molecular weight excluding hydrogens is 444 g/mol. The van der Waals surface area contributed by atoms with Crippen LogP contribution in [0.4, 0.5) is 5.69 Å². The van der Waals surface area contributed by atoms with E-state index in [0.29, 0.717) is 28.1 Å². The van der Waals surface area contributed by atoms with Crippen molar-refractivity contribution in [3.8, 4) is 16.9 Å². The predicted molar refractivity (Wildman–Crippen MR) is 134 cm³/mol. The van der Waals surface area contributed by atoms with Crippen LogP contribution < -0.4 is 15.0 Å². The van der Waals surface area contributed by atoms with Gasteiger partial charge in [0.25, 0.3) is 5.56 Å². The zero-order chi connectivity index (χ0) is 23.6. The molecule has 0 atom stereocenters. The molecule has 1 aromatic carbocycles. The smallest absolute Gasteiger partial charge is 0.259 e. The first-order valence-electron chi connectivity index (χ1n) is 9.96. The van der Waals surface area contributed by atoms with Crippen molar-refractivity contribution in [3.05, 3.63) is 82.3 Å². The lowest BCUT2D eigenvalue weighted by atomic mass is 10.0. The number of ether oxygens (including phenoxy) is 1. The Hall–Kier alpha value is -3.10. The Labute approximate surface area is 192 Å². The third-order valence-electron chi connectivity index (χ3n) is 4.97. The molecule has 32 heavy (non-hydrogen) atoms. The van der Waals surface area contributed by atoms with Crippen molar-refractivity contribution in [1.29, 1.82) is 0 Å². The largest absolute Gasteiger partial charge is 0.456 e. The van der Waals surface area contributed by atoms with Crippen LogP contribution in [0.2, 0.25) is 0 Å². The summed E-state index contributed by atoms with van der Waals surface area (Å²) in [6.07, 6.45) is 3.43. The number of benzene rings is 1. The van der Waals surface area contributed by atoms with Gasteiger partial charge >= 0.3 is 0 Å². The van der Waals surface area contributed by atoms with Crippen LogP contribution in [0.3, 0.4) is 0 Å². The topological polar surface area (TPSA) is 77.4 Å². The average Bonchev–Trinajstić information content (AvgIpc) is 3.24. The monoisotopic (exact) mass is 470 g/mol. The standard InChI is InChI=1S/C24H26N2O4S2/c1-7-16(5)22(15(3)4)30-21-10-9-17(25-32(28,29)8-2)13-19(21)20-14-26(6)24(27)18-11-12-31-23(18)20/h7,9-14,25H,1,3,8H2,2,4-6H3/b22-16+. The van der Waals surface area contributed by atoms with Gasteiger partial charge in [-0.05, 0) is 61.6 Å². The zero-order valence-corrected chi connectivity index (χ0v) is 20.2. The maximum atomic E-state index is 12.6. The molecule has 0 amide bonds. The van der Waals surface area contributed by atoms with E-state index in [0.717, 1.165) is 21.4 Å². The van der Waals surface area contributed by atoms with E-state index in [2.05, 4.69) is 17.9 Å². The van der Waals surface area contributed by atoms with Crippen LogP contribution in [0.25, 0.3) is 21.2 Å². The van der Waals surface area contributed by atoms with Crippen LogP contribution in [0, 0.1) is 0 Å². The van der Waals surface area contributed by atoms with Gasteiger partial charge in [-0.15, -0.1) is 11.3 Å². The molecule has 1 N–H and O–H groups in total. The summed E-state index contributed by atoms with van der Waals surface area (Å²) in [7, 11) is -1.78. The lowest BCUT2D eigenvalue weighted by Crippen LogP contribution is -2.16. The molecule has 0 aliphatic rings. The Morgan fingerprint density at radius 1 is 1.25 bits per heavy atom. The molecule has 0 spiro atoms. The fraction of sp³-hybridized carbons (Fsp3) is 0.208. The Balaban J connectivity index is 2.30. The molecule has 2 aromatic heterocycles. The molecule has 0 aliphatic carbocycles. The van der Waals surface area contributed by atoms with E-state index in [-0.39, 0.29) is 11.3 Å². The summed E-state index contributed by atoms with van der Waals surface area (Å²) in [4.78, 5) is 12.6. The molecule has 3 aromatic rings. The number of aromatic nitrogens is 1. The summed E-state index contributed by atoms with van der Waals surface area (Å²) in [6.45, 7) is 13.1. The van der Waals surface area contributed by atoms with Crippen molar-refractivity contribution in [2.75, 3.05) is 10.5 Å². The number of thiophene rings is 1. The first-order chi connectivity index (χ1) is 15.1. The molecular formula is C24H26N2O4S2. The normalized spacial score (nSPS) is 12.4. The number of hydrogen-bond acceptors (Lipinski definition) is 5. The number of nitrogens with one attached hydrogen (secondary N) is 1. The van der Waals surface area contributed by atoms with Crippen LogP contribution in [-0.2, 0) is 17.1 Å². The summed E-state index contributed by atoms with van der Waals surface area (Å²) in [5, 5.41) is 2.46. The second kappa shape index (κ2) is 9.18. The number of nitrogens with zero attached hydrogens (tertiary/aromatic N) is 1. The van der Waals surface area contributed by atoms with E-state index in [1.807, 2.05) is 19.2 Å². The molecule has 0 saturated heterocycles. The highest BCUT2D eigenvalue weighted by Gasteiger charge is 2.18.